The van der Waals surface area contributed by atoms with E-state index in [1.807, 2.05) is 0 Å². The number of hydrogen-bond acceptors (Lipinski definition) is 6. The number of esters is 2. The van der Waals surface area contributed by atoms with Crippen LogP contribution in [-0.2, 0) is 14.3 Å². The summed E-state index contributed by atoms with van der Waals surface area (Å²) in [7, 11) is 1.48. The van der Waals surface area contributed by atoms with Crippen LogP contribution in [0.1, 0.15) is 46.0 Å². The highest BCUT2D eigenvalue weighted by atomic mass is 35.5. The first-order valence-corrected chi connectivity index (χ1v) is 9.22. The van der Waals surface area contributed by atoms with E-state index < -0.39 is 24.5 Å². The number of halogens is 1. The van der Waals surface area contributed by atoms with Crippen molar-refractivity contribution in [2.75, 3.05) is 19.0 Å². The third kappa shape index (κ3) is 5.51. The zero-order valence-electron chi connectivity index (χ0n) is 16.8. The Morgan fingerprint density at radius 2 is 1.86 bits per heavy atom. The first-order valence-electron chi connectivity index (χ1n) is 8.84. The standard InChI is InChI=1S/C20H23ClN2O6/c1-10(2)29-19(25)17-11(3)18(22-12(17)4)20(26)28-9-16(24)23-13-6-7-15(27-5)14(21)8-13/h6-8,10,22H,9H2,1-5H3,(H,23,24). The van der Waals surface area contributed by atoms with E-state index >= 15 is 0 Å². The van der Waals surface area contributed by atoms with Crippen molar-refractivity contribution in [2.24, 2.45) is 0 Å². The fourth-order valence-electron chi connectivity index (χ4n) is 2.68. The van der Waals surface area contributed by atoms with Crippen LogP contribution >= 0.6 is 11.6 Å². The summed E-state index contributed by atoms with van der Waals surface area (Å²) in [5.74, 6) is -1.35. The molecule has 0 bridgehead atoms. The number of anilines is 1. The van der Waals surface area contributed by atoms with Crippen molar-refractivity contribution < 1.29 is 28.6 Å². The van der Waals surface area contributed by atoms with Gasteiger partial charge in [-0.3, -0.25) is 4.79 Å². The fraction of sp³-hybridized carbons (Fsp3) is 0.350. The van der Waals surface area contributed by atoms with Crippen molar-refractivity contribution in [3.63, 3.8) is 0 Å². The Hall–Kier alpha value is -3.00. The Balaban J connectivity index is 2.01. The fourth-order valence-corrected chi connectivity index (χ4v) is 2.94. The number of methoxy groups -OCH3 is 1. The minimum atomic E-state index is -0.753. The molecule has 0 unspecified atom stereocenters. The van der Waals surface area contributed by atoms with Crippen molar-refractivity contribution in [1.82, 2.24) is 4.98 Å². The van der Waals surface area contributed by atoms with Gasteiger partial charge < -0.3 is 24.5 Å². The molecule has 0 aliphatic rings. The van der Waals surface area contributed by atoms with Gasteiger partial charge >= 0.3 is 11.9 Å². The molecule has 2 rings (SSSR count). The van der Waals surface area contributed by atoms with Gasteiger partial charge in [-0.2, -0.15) is 0 Å². The number of carbonyl (C=O) groups is 3. The molecule has 0 atom stereocenters. The average Bonchev–Trinajstić information content (AvgIpc) is 2.93. The summed E-state index contributed by atoms with van der Waals surface area (Å²) in [6.07, 6.45) is -0.290. The zero-order valence-corrected chi connectivity index (χ0v) is 17.6. The van der Waals surface area contributed by atoms with Gasteiger partial charge in [0.1, 0.15) is 11.4 Å². The molecule has 1 amide bonds. The van der Waals surface area contributed by atoms with Crippen molar-refractivity contribution in [2.45, 2.75) is 33.8 Å². The quantitative estimate of drug-likeness (QED) is 0.659. The third-order valence-electron chi connectivity index (χ3n) is 3.96. The van der Waals surface area contributed by atoms with Gasteiger partial charge in [-0.25, -0.2) is 9.59 Å². The molecule has 0 fully saturated rings. The minimum absolute atomic E-state index is 0.0958. The summed E-state index contributed by atoms with van der Waals surface area (Å²) in [6, 6.07) is 4.73. The molecule has 0 aliphatic carbocycles. The number of benzene rings is 1. The molecule has 1 heterocycles. The molecule has 0 spiro atoms. The Labute approximate surface area is 173 Å². The monoisotopic (exact) mass is 422 g/mol. The van der Waals surface area contributed by atoms with Gasteiger partial charge in [0.05, 0.1) is 23.8 Å². The summed E-state index contributed by atoms with van der Waals surface area (Å²) in [5.41, 5.74) is 1.70. The lowest BCUT2D eigenvalue weighted by molar-refractivity contribution is -0.119. The van der Waals surface area contributed by atoms with Gasteiger partial charge in [-0.15, -0.1) is 0 Å². The number of ether oxygens (including phenoxy) is 3. The van der Waals surface area contributed by atoms with Gasteiger partial charge in [0, 0.05) is 11.4 Å². The lowest BCUT2D eigenvalue weighted by Crippen LogP contribution is -2.21. The summed E-state index contributed by atoms with van der Waals surface area (Å²) in [4.78, 5) is 39.4. The van der Waals surface area contributed by atoms with Crippen LogP contribution in [0.5, 0.6) is 5.75 Å². The molecule has 29 heavy (non-hydrogen) atoms. The maximum Gasteiger partial charge on any atom is 0.355 e. The number of aromatic nitrogens is 1. The van der Waals surface area contributed by atoms with Gasteiger partial charge in [0.15, 0.2) is 6.61 Å². The Kier molecular flexibility index (Phi) is 7.28. The van der Waals surface area contributed by atoms with Gasteiger partial charge in [-0.05, 0) is 51.5 Å². The molecule has 2 N–H and O–H groups in total. The molecule has 0 radical (unpaired) electrons. The number of carbonyl (C=O) groups excluding carboxylic acids is 3. The molecule has 0 saturated heterocycles. The van der Waals surface area contributed by atoms with E-state index in [-0.39, 0.29) is 17.4 Å². The van der Waals surface area contributed by atoms with Crippen LogP contribution in [0.15, 0.2) is 18.2 Å². The number of amides is 1. The topological polar surface area (TPSA) is 107 Å². The van der Waals surface area contributed by atoms with Crippen molar-refractivity contribution in [3.05, 3.63) is 45.7 Å². The van der Waals surface area contributed by atoms with Crippen LogP contribution in [-0.4, -0.2) is 42.7 Å². The summed E-state index contributed by atoms with van der Waals surface area (Å²) >= 11 is 6.01. The predicted octanol–water partition coefficient (Wildman–Crippen LogP) is 3.65. The lowest BCUT2D eigenvalue weighted by Gasteiger charge is -2.09. The number of nitrogens with one attached hydrogen (secondary N) is 2. The van der Waals surface area contributed by atoms with Crippen LogP contribution in [0.25, 0.3) is 0 Å². The highest BCUT2D eigenvalue weighted by Crippen LogP contribution is 2.27. The highest BCUT2D eigenvalue weighted by Gasteiger charge is 2.24. The smallest absolute Gasteiger partial charge is 0.355 e. The second-order valence-electron chi connectivity index (χ2n) is 6.55. The normalized spacial score (nSPS) is 10.6. The van der Waals surface area contributed by atoms with Crippen molar-refractivity contribution >= 4 is 35.1 Å². The van der Waals surface area contributed by atoms with Gasteiger partial charge in [-0.1, -0.05) is 11.6 Å². The Bertz CT molecular complexity index is 935. The van der Waals surface area contributed by atoms with E-state index in [4.69, 9.17) is 25.8 Å². The van der Waals surface area contributed by atoms with Crippen LogP contribution in [0.4, 0.5) is 5.69 Å². The van der Waals surface area contributed by atoms with E-state index in [1.54, 1.807) is 39.8 Å². The summed E-state index contributed by atoms with van der Waals surface area (Å²) in [6.45, 7) is 6.22. The van der Waals surface area contributed by atoms with E-state index in [0.717, 1.165) is 0 Å². The maximum absolute atomic E-state index is 12.3. The second kappa shape index (κ2) is 9.47. The molecule has 2 aromatic rings. The van der Waals surface area contributed by atoms with Gasteiger partial charge in [0.2, 0.25) is 0 Å². The van der Waals surface area contributed by atoms with E-state index in [0.29, 0.717) is 27.7 Å². The van der Waals surface area contributed by atoms with Crippen LogP contribution in [0.3, 0.4) is 0 Å². The third-order valence-corrected chi connectivity index (χ3v) is 4.25. The summed E-state index contributed by atoms with van der Waals surface area (Å²) in [5, 5.41) is 2.91. The number of aromatic amines is 1. The molecule has 156 valence electrons. The Morgan fingerprint density at radius 3 is 2.45 bits per heavy atom. The van der Waals surface area contributed by atoms with Gasteiger partial charge in [0.25, 0.3) is 5.91 Å². The molecular formula is C20H23ClN2O6. The molecule has 0 saturated carbocycles. The molecular weight excluding hydrogens is 400 g/mol. The first-order chi connectivity index (χ1) is 13.6. The van der Waals surface area contributed by atoms with E-state index in [9.17, 15) is 14.4 Å². The van der Waals surface area contributed by atoms with Crippen molar-refractivity contribution in [1.29, 1.82) is 0 Å². The van der Waals surface area contributed by atoms with E-state index in [2.05, 4.69) is 10.3 Å². The number of H-pyrrole nitrogens is 1. The second-order valence-corrected chi connectivity index (χ2v) is 6.96. The lowest BCUT2D eigenvalue weighted by atomic mass is 10.1. The average molecular weight is 423 g/mol. The molecule has 9 heteroatoms. The largest absolute Gasteiger partial charge is 0.495 e. The van der Waals surface area contributed by atoms with Crippen LogP contribution < -0.4 is 10.1 Å². The molecule has 0 aliphatic heterocycles. The maximum atomic E-state index is 12.3. The minimum Gasteiger partial charge on any atom is -0.495 e. The molecule has 1 aromatic carbocycles. The van der Waals surface area contributed by atoms with Crippen LogP contribution in [0.2, 0.25) is 5.02 Å². The zero-order chi connectivity index (χ0) is 21.7. The predicted molar refractivity (Wildman–Crippen MR) is 108 cm³/mol. The first kappa shape index (κ1) is 22.3. The molecule has 1 aromatic heterocycles. The highest BCUT2D eigenvalue weighted by molar-refractivity contribution is 6.32. The van der Waals surface area contributed by atoms with Crippen molar-refractivity contribution in [3.8, 4) is 5.75 Å². The van der Waals surface area contributed by atoms with Crippen LogP contribution in [0, 0.1) is 13.8 Å². The number of hydrogen-bond donors (Lipinski definition) is 2. The molecule has 8 nitrogen and oxygen atoms in total. The Morgan fingerprint density at radius 1 is 1.17 bits per heavy atom. The SMILES string of the molecule is COc1ccc(NC(=O)COC(=O)c2[nH]c(C)c(C(=O)OC(C)C)c2C)cc1Cl. The summed E-state index contributed by atoms with van der Waals surface area (Å²) < 4.78 is 15.3. The van der Waals surface area contributed by atoms with E-state index in [1.165, 1.54) is 13.2 Å². The number of rotatable bonds is 7. The number of aryl methyl sites for hydroxylation is 1.